The molecular formula is C16H27N3S. The highest BCUT2D eigenvalue weighted by molar-refractivity contribution is 8.00. The van der Waals surface area contributed by atoms with E-state index in [1.807, 2.05) is 30.0 Å². The van der Waals surface area contributed by atoms with Crippen LogP contribution in [0.3, 0.4) is 0 Å². The number of allylic oxidation sites excluding steroid dienone is 3. The maximum absolute atomic E-state index is 6.06. The molecule has 112 valence electrons. The number of rotatable bonds is 6. The Morgan fingerprint density at radius 1 is 1.40 bits per heavy atom. The van der Waals surface area contributed by atoms with Crippen molar-refractivity contribution in [1.29, 1.82) is 0 Å². The molecule has 1 aliphatic rings. The van der Waals surface area contributed by atoms with E-state index in [1.165, 1.54) is 12.8 Å². The van der Waals surface area contributed by atoms with E-state index in [0.29, 0.717) is 16.4 Å². The SMILES string of the molecule is C=C1/C=C\C=C/CN(CCSC(C)(CC)CC)C(N)=N1. The molecule has 1 aliphatic heterocycles. The lowest BCUT2D eigenvalue weighted by molar-refractivity contribution is 0.484. The fourth-order valence-corrected chi connectivity index (χ4v) is 3.06. The number of thioether (sulfide) groups is 1. The lowest BCUT2D eigenvalue weighted by Crippen LogP contribution is -2.39. The predicted molar refractivity (Wildman–Crippen MR) is 92.1 cm³/mol. The van der Waals surface area contributed by atoms with Crippen molar-refractivity contribution in [2.45, 2.75) is 38.4 Å². The van der Waals surface area contributed by atoms with E-state index in [2.05, 4.69) is 43.3 Å². The molecule has 0 aromatic rings. The third-order valence-corrected chi connectivity index (χ3v) is 5.41. The minimum Gasteiger partial charge on any atom is -0.369 e. The molecule has 20 heavy (non-hydrogen) atoms. The molecule has 2 N–H and O–H groups in total. The summed E-state index contributed by atoms with van der Waals surface area (Å²) in [6, 6.07) is 0. The molecule has 0 fully saturated rings. The highest BCUT2D eigenvalue weighted by Crippen LogP contribution is 2.31. The van der Waals surface area contributed by atoms with Crippen molar-refractivity contribution in [3.05, 3.63) is 36.6 Å². The van der Waals surface area contributed by atoms with Crippen LogP contribution in [0.25, 0.3) is 0 Å². The van der Waals surface area contributed by atoms with Crippen molar-refractivity contribution in [3.8, 4) is 0 Å². The number of nitrogens with two attached hydrogens (primary N) is 1. The van der Waals surface area contributed by atoms with Gasteiger partial charge in [-0.25, -0.2) is 4.99 Å². The predicted octanol–water partition coefficient (Wildman–Crippen LogP) is 3.55. The fraction of sp³-hybridized carbons (Fsp3) is 0.562. The molecule has 1 rings (SSSR count). The molecule has 0 atom stereocenters. The molecule has 0 aromatic carbocycles. The maximum atomic E-state index is 6.06. The minimum absolute atomic E-state index is 0.368. The van der Waals surface area contributed by atoms with Crippen LogP contribution >= 0.6 is 11.8 Å². The molecule has 0 radical (unpaired) electrons. The van der Waals surface area contributed by atoms with Gasteiger partial charge in [-0.3, -0.25) is 0 Å². The average molecular weight is 293 g/mol. The van der Waals surface area contributed by atoms with Crippen LogP contribution in [0.5, 0.6) is 0 Å². The Hall–Kier alpha value is -1.16. The van der Waals surface area contributed by atoms with Crippen molar-refractivity contribution in [1.82, 2.24) is 4.90 Å². The second kappa shape index (κ2) is 8.20. The summed E-state index contributed by atoms with van der Waals surface area (Å²) in [5, 5.41) is 0. The first-order valence-corrected chi connectivity index (χ1v) is 8.24. The molecule has 0 saturated heterocycles. The van der Waals surface area contributed by atoms with Gasteiger partial charge in [-0.1, -0.05) is 45.6 Å². The van der Waals surface area contributed by atoms with Gasteiger partial charge in [0.25, 0.3) is 0 Å². The first kappa shape index (κ1) is 16.9. The van der Waals surface area contributed by atoms with Crippen molar-refractivity contribution in [2.75, 3.05) is 18.8 Å². The summed E-state index contributed by atoms with van der Waals surface area (Å²) in [7, 11) is 0. The Balaban J connectivity index is 2.59. The summed E-state index contributed by atoms with van der Waals surface area (Å²) in [4.78, 5) is 6.43. The molecule has 0 unspecified atom stereocenters. The van der Waals surface area contributed by atoms with Crippen LogP contribution in [0.1, 0.15) is 33.6 Å². The van der Waals surface area contributed by atoms with Gasteiger partial charge in [-0.2, -0.15) is 11.8 Å². The van der Waals surface area contributed by atoms with Gasteiger partial charge >= 0.3 is 0 Å². The molecule has 0 bridgehead atoms. The van der Waals surface area contributed by atoms with E-state index in [-0.39, 0.29) is 0 Å². The van der Waals surface area contributed by atoms with Gasteiger partial charge in [0.1, 0.15) is 0 Å². The number of hydrogen-bond donors (Lipinski definition) is 1. The van der Waals surface area contributed by atoms with Gasteiger partial charge in [0.2, 0.25) is 0 Å². The number of aliphatic imine (C=N–C) groups is 1. The zero-order valence-electron chi connectivity index (χ0n) is 12.9. The minimum atomic E-state index is 0.368. The third-order valence-electron chi connectivity index (χ3n) is 3.75. The average Bonchev–Trinajstić information content (AvgIpc) is 2.51. The fourth-order valence-electron chi connectivity index (χ4n) is 1.84. The zero-order chi connectivity index (χ0) is 15.0. The summed E-state index contributed by atoms with van der Waals surface area (Å²) < 4.78 is 0.368. The van der Waals surface area contributed by atoms with E-state index in [4.69, 9.17) is 5.73 Å². The standard InChI is InChI=1S/C16H27N3S/c1-5-16(4,6-2)20-13-12-19-11-9-7-8-10-14(3)18-15(19)17/h7-10H,3,5-6,11-13H2,1-2,4H3,(H2,17,18)/b9-7-,10-8-. The maximum Gasteiger partial charge on any atom is 0.196 e. The molecule has 0 aliphatic carbocycles. The highest BCUT2D eigenvalue weighted by atomic mass is 32.2. The second-order valence-corrected chi connectivity index (χ2v) is 6.88. The summed E-state index contributed by atoms with van der Waals surface area (Å²) in [6.07, 6.45) is 10.3. The Labute approximate surface area is 127 Å². The summed E-state index contributed by atoms with van der Waals surface area (Å²) >= 11 is 2.02. The number of guanidine groups is 1. The summed E-state index contributed by atoms with van der Waals surface area (Å²) in [5.41, 5.74) is 6.75. The monoisotopic (exact) mass is 293 g/mol. The Kier molecular flexibility index (Phi) is 6.93. The third kappa shape index (κ3) is 5.45. The number of hydrogen-bond acceptors (Lipinski definition) is 4. The van der Waals surface area contributed by atoms with E-state index >= 15 is 0 Å². The van der Waals surface area contributed by atoms with Crippen LogP contribution in [0, 0.1) is 0 Å². The van der Waals surface area contributed by atoms with E-state index < -0.39 is 0 Å². The number of nitrogens with zero attached hydrogens (tertiary/aromatic N) is 2. The Morgan fingerprint density at radius 2 is 2.10 bits per heavy atom. The van der Waals surface area contributed by atoms with Gasteiger partial charge in [0.15, 0.2) is 5.96 Å². The lowest BCUT2D eigenvalue weighted by Gasteiger charge is -2.28. The molecule has 0 spiro atoms. The van der Waals surface area contributed by atoms with E-state index in [0.717, 1.165) is 18.8 Å². The van der Waals surface area contributed by atoms with Crippen molar-refractivity contribution in [3.63, 3.8) is 0 Å². The molecule has 0 saturated carbocycles. The highest BCUT2D eigenvalue weighted by Gasteiger charge is 2.20. The summed E-state index contributed by atoms with van der Waals surface area (Å²) in [5.74, 6) is 1.61. The molecule has 0 amide bonds. The van der Waals surface area contributed by atoms with Crippen LogP contribution < -0.4 is 5.73 Å². The first-order valence-electron chi connectivity index (χ1n) is 7.26. The van der Waals surface area contributed by atoms with Crippen molar-refractivity contribution >= 4 is 17.7 Å². The van der Waals surface area contributed by atoms with E-state index in [1.54, 1.807) is 0 Å². The molecule has 1 heterocycles. The molecule has 3 nitrogen and oxygen atoms in total. The Bertz CT molecular complexity index is 406. The zero-order valence-corrected chi connectivity index (χ0v) is 13.7. The van der Waals surface area contributed by atoms with Crippen molar-refractivity contribution in [2.24, 2.45) is 10.7 Å². The van der Waals surface area contributed by atoms with Gasteiger partial charge in [0, 0.05) is 23.6 Å². The molecule has 0 aromatic heterocycles. The topological polar surface area (TPSA) is 41.6 Å². The van der Waals surface area contributed by atoms with Crippen LogP contribution in [-0.4, -0.2) is 34.4 Å². The Morgan fingerprint density at radius 3 is 2.75 bits per heavy atom. The van der Waals surface area contributed by atoms with Crippen LogP contribution in [0.2, 0.25) is 0 Å². The molecular weight excluding hydrogens is 266 g/mol. The van der Waals surface area contributed by atoms with Crippen LogP contribution in [0.15, 0.2) is 41.6 Å². The second-order valence-electron chi connectivity index (χ2n) is 5.20. The quantitative estimate of drug-likeness (QED) is 0.814. The molecule has 4 heteroatoms. The van der Waals surface area contributed by atoms with Crippen LogP contribution in [-0.2, 0) is 0 Å². The van der Waals surface area contributed by atoms with Crippen molar-refractivity contribution < 1.29 is 0 Å². The summed E-state index contributed by atoms with van der Waals surface area (Å²) in [6.45, 7) is 12.4. The largest absolute Gasteiger partial charge is 0.369 e. The lowest BCUT2D eigenvalue weighted by atomic mass is 10.1. The normalized spacial score (nSPS) is 19.9. The van der Waals surface area contributed by atoms with Crippen LogP contribution in [0.4, 0.5) is 0 Å². The first-order chi connectivity index (χ1) is 9.50. The van der Waals surface area contributed by atoms with Gasteiger partial charge in [-0.05, 0) is 18.9 Å². The van der Waals surface area contributed by atoms with E-state index in [9.17, 15) is 0 Å². The van der Waals surface area contributed by atoms with Gasteiger partial charge in [0.05, 0.1) is 5.70 Å². The van der Waals surface area contributed by atoms with Gasteiger partial charge in [-0.15, -0.1) is 0 Å². The van der Waals surface area contributed by atoms with Gasteiger partial charge < -0.3 is 10.6 Å². The smallest absolute Gasteiger partial charge is 0.196 e.